The number of aromatic nitrogens is 2. The molecule has 0 amide bonds. The summed E-state index contributed by atoms with van der Waals surface area (Å²) in [6.07, 6.45) is 0. The van der Waals surface area contributed by atoms with Crippen LogP contribution in [0, 0.1) is 0 Å². The Kier molecular flexibility index (Phi) is 7.84. The van der Waals surface area contributed by atoms with Crippen molar-refractivity contribution >= 4 is 23.2 Å². The smallest absolute Gasteiger partial charge is 0.228 e. The number of hydrogen-bond donors (Lipinski definition) is 2. The van der Waals surface area contributed by atoms with Crippen molar-refractivity contribution in [2.24, 2.45) is 0 Å². The van der Waals surface area contributed by atoms with E-state index in [9.17, 15) is 5.11 Å². The second kappa shape index (κ2) is 11.6. The van der Waals surface area contributed by atoms with Gasteiger partial charge in [0.1, 0.15) is 18.1 Å². The number of nitrogens with zero attached hydrogens (tertiary/aromatic N) is 4. The molecule has 8 heteroatoms. The quantitative estimate of drug-likeness (QED) is 0.319. The molecule has 1 aliphatic heterocycles. The maximum atomic E-state index is 9.71. The first-order valence-electron chi connectivity index (χ1n) is 12.4. The molecule has 0 atom stereocenters. The zero-order chi connectivity index (χ0) is 25.6. The molecule has 5 rings (SSSR count). The van der Waals surface area contributed by atoms with Crippen LogP contribution in [0.4, 0.5) is 11.6 Å². The second-order valence-electron chi connectivity index (χ2n) is 9.16. The second-order valence-corrected chi connectivity index (χ2v) is 9.60. The van der Waals surface area contributed by atoms with Gasteiger partial charge in [-0.1, -0.05) is 29.8 Å². The predicted molar refractivity (Wildman–Crippen MR) is 149 cm³/mol. The molecule has 0 bridgehead atoms. The van der Waals surface area contributed by atoms with E-state index in [1.165, 1.54) is 0 Å². The zero-order valence-electron chi connectivity index (χ0n) is 20.8. The third-order valence-electron chi connectivity index (χ3n) is 6.39. The summed E-state index contributed by atoms with van der Waals surface area (Å²) < 4.78 is 6.05. The lowest BCUT2D eigenvalue weighted by Crippen LogP contribution is -2.45. The van der Waals surface area contributed by atoms with E-state index in [0.717, 1.165) is 66.7 Å². The van der Waals surface area contributed by atoms with Gasteiger partial charge in [-0.3, -0.25) is 4.90 Å². The van der Waals surface area contributed by atoms with Crippen molar-refractivity contribution in [2.75, 3.05) is 51.7 Å². The molecule has 0 saturated carbocycles. The summed E-state index contributed by atoms with van der Waals surface area (Å²) in [4.78, 5) is 14.3. The van der Waals surface area contributed by atoms with Crippen molar-refractivity contribution in [3.8, 4) is 34.0 Å². The van der Waals surface area contributed by atoms with Crippen LogP contribution in [0.5, 0.6) is 11.5 Å². The number of rotatable bonds is 8. The van der Waals surface area contributed by atoms with E-state index in [0.29, 0.717) is 17.6 Å². The van der Waals surface area contributed by atoms with Crippen molar-refractivity contribution in [3.05, 3.63) is 83.9 Å². The number of aromatic hydroxyl groups is 1. The minimum Gasteiger partial charge on any atom is -0.508 e. The Morgan fingerprint density at radius 3 is 2.19 bits per heavy atom. The van der Waals surface area contributed by atoms with Gasteiger partial charge in [-0.15, -0.1) is 0 Å². The van der Waals surface area contributed by atoms with Gasteiger partial charge in [-0.05, 0) is 61.6 Å². The number of ether oxygens (including phenoxy) is 1. The molecule has 0 aliphatic carbocycles. The molecule has 1 aromatic heterocycles. The lowest BCUT2D eigenvalue weighted by atomic mass is 10.1. The molecule has 1 saturated heterocycles. The SMILES string of the molecule is CN1CCN(CCOc2cccc(Nc3nc(-c4ccc(O)cc4)cc(-c4ccc(Cl)cc4)n3)c2)CC1. The van der Waals surface area contributed by atoms with Crippen LogP contribution in [0.3, 0.4) is 0 Å². The van der Waals surface area contributed by atoms with Crippen LogP contribution >= 0.6 is 11.6 Å². The minimum absolute atomic E-state index is 0.207. The molecule has 0 spiro atoms. The van der Waals surface area contributed by atoms with Gasteiger partial charge >= 0.3 is 0 Å². The van der Waals surface area contributed by atoms with Gasteiger partial charge in [0, 0.05) is 60.6 Å². The lowest BCUT2D eigenvalue weighted by molar-refractivity contribution is 0.134. The third kappa shape index (κ3) is 6.77. The molecule has 3 aromatic carbocycles. The highest BCUT2D eigenvalue weighted by molar-refractivity contribution is 6.30. The Balaban J connectivity index is 1.34. The van der Waals surface area contributed by atoms with Crippen LogP contribution < -0.4 is 10.1 Å². The third-order valence-corrected chi connectivity index (χ3v) is 6.64. The monoisotopic (exact) mass is 515 g/mol. The number of hydrogen-bond acceptors (Lipinski definition) is 7. The first kappa shape index (κ1) is 25.0. The molecule has 0 radical (unpaired) electrons. The molecule has 37 heavy (non-hydrogen) atoms. The van der Waals surface area contributed by atoms with Crippen LogP contribution in [0.1, 0.15) is 0 Å². The van der Waals surface area contributed by atoms with E-state index in [2.05, 4.69) is 22.2 Å². The van der Waals surface area contributed by atoms with Gasteiger partial charge in [-0.25, -0.2) is 9.97 Å². The molecule has 4 aromatic rings. The van der Waals surface area contributed by atoms with E-state index < -0.39 is 0 Å². The Bertz CT molecular complexity index is 1260. The Hall–Kier alpha value is -3.65. The Morgan fingerprint density at radius 2 is 1.51 bits per heavy atom. The normalized spacial score (nSPS) is 14.4. The number of likely N-dealkylation sites (N-methyl/N-ethyl adjacent to an activating group) is 1. The fourth-order valence-corrected chi connectivity index (χ4v) is 4.33. The van der Waals surface area contributed by atoms with Gasteiger partial charge in [0.2, 0.25) is 5.95 Å². The van der Waals surface area contributed by atoms with Crippen molar-refractivity contribution in [3.63, 3.8) is 0 Å². The maximum absolute atomic E-state index is 9.71. The first-order valence-corrected chi connectivity index (χ1v) is 12.7. The van der Waals surface area contributed by atoms with Crippen molar-refractivity contribution in [1.29, 1.82) is 0 Å². The molecule has 0 unspecified atom stereocenters. The fourth-order valence-electron chi connectivity index (χ4n) is 4.21. The number of phenolic OH excluding ortho intramolecular Hbond substituents is 1. The predicted octanol–water partition coefficient (Wildman–Crippen LogP) is 5.54. The number of piperazine rings is 1. The van der Waals surface area contributed by atoms with Gasteiger partial charge in [0.05, 0.1) is 11.4 Å². The van der Waals surface area contributed by atoms with E-state index in [1.807, 2.05) is 66.7 Å². The van der Waals surface area contributed by atoms with E-state index in [4.69, 9.17) is 26.3 Å². The van der Waals surface area contributed by atoms with E-state index in [-0.39, 0.29) is 5.75 Å². The highest BCUT2D eigenvalue weighted by atomic mass is 35.5. The van der Waals surface area contributed by atoms with Gasteiger partial charge in [0.25, 0.3) is 0 Å². The van der Waals surface area contributed by atoms with Crippen LogP contribution in [0.15, 0.2) is 78.9 Å². The van der Waals surface area contributed by atoms with Crippen molar-refractivity contribution in [1.82, 2.24) is 19.8 Å². The van der Waals surface area contributed by atoms with Gasteiger partial charge < -0.3 is 20.1 Å². The van der Waals surface area contributed by atoms with Gasteiger partial charge in [0.15, 0.2) is 0 Å². The highest BCUT2D eigenvalue weighted by Gasteiger charge is 2.14. The summed E-state index contributed by atoms with van der Waals surface area (Å²) in [6.45, 7) is 5.90. The Morgan fingerprint density at radius 1 is 0.865 bits per heavy atom. The maximum Gasteiger partial charge on any atom is 0.228 e. The number of halogens is 1. The number of nitrogens with one attached hydrogen (secondary N) is 1. The summed E-state index contributed by atoms with van der Waals surface area (Å²) in [5.74, 6) is 1.47. The van der Waals surface area contributed by atoms with Crippen LogP contribution in [0.2, 0.25) is 5.02 Å². The molecule has 1 fully saturated rings. The Labute approximate surface area is 222 Å². The van der Waals surface area contributed by atoms with E-state index in [1.54, 1.807) is 12.1 Å². The summed E-state index contributed by atoms with van der Waals surface area (Å²) in [5.41, 5.74) is 4.14. The van der Waals surface area contributed by atoms with Crippen molar-refractivity contribution in [2.45, 2.75) is 0 Å². The first-order chi connectivity index (χ1) is 18.0. The van der Waals surface area contributed by atoms with Crippen LogP contribution in [0.25, 0.3) is 22.5 Å². The fraction of sp³-hybridized carbons (Fsp3) is 0.241. The molecule has 2 heterocycles. The number of benzene rings is 3. The topological polar surface area (TPSA) is 73.8 Å². The molecule has 7 nitrogen and oxygen atoms in total. The lowest BCUT2D eigenvalue weighted by Gasteiger charge is -2.32. The molecular formula is C29H30ClN5O2. The largest absolute Gasteiger partial charge is 0.508 e. The minimum atomic E-state index is 0.207. The molecule has 2 N–H and O–H groups in total. The summed E-state index contributed by atoms with van der Waals surface area (Å²) in [7, 11) is 2.16. The molecule has 1 aliphatic rings. The standard InChI is InChI=1S/C29H30ClN5O2/c1-34-13-15-35(16-14-34)17-18-37-26-4-2-3-24(19-26)31-29-32-27(21-5-9-23(30)10-6-21)20-28(33-29)22-7-11-25(36)12-8-22/h2-12,19-20,36H,13-18H2,1H3,(H,31,32,33). The van der Waals surface area contributed by atoms with E-state index >= 15 is 0 Å². The summed E-state index contributed by atoms with van der Waals surface area (Å²) in [6, 6.07) is 24.3. The highest BCUT2D eigenvalue weighted by Crippen LogP contribution is 2.29. The number of phenols is 1. The van der Waals surface area contributed by atoms with Gasteiger partial charge in [-0.2, -0.15) is 0 Å². The van der Waals surface area contributed by atoms with Crippen molar-refractivity contribution < 1.29 is 9.84 Å². The average Bonchev–Trinajstić information content (AvgIpc) is 2.91. The summed E-state index contributed by atoms with van der Waals surface area (Å²) >= 11 is 6.10. The molecular weight excluding hydrogens is 486 g/mol. The average molecular weight is 516 g/mol. The number of anilines is 2. The van der Waals surface area contributed by atoms with Crippen LogP contribution in [-0.4, -0.2) is 71.3 Å². The summed E-state index contributed by atoms with van der Waals surface area (Å²) in [5, 5.41) is 13.7. The zero-order valence-corrected chi connectivity index (χ0v) is 21.5. The molecule has 190 valence electrons. The van der Waals surface area contributed by atoms with Crippen LogP contribution in [-0.2, 0) is 0 Å².